The molecule has 6 heteroatoms. The molecule has 1 unspecified atom stereocenters. The lowest BCUT2D eigenvalue weighted by Crippen LogP contribution is -2.46. The molecule has 0 saturated heterocycles. The summed E-state index contributed by atoms with van der Waals surface area (Å²) in [6.07, 6.45) is 0.298. The SMILES string of the molecule is CC1CC(=O)Nc2ccccc2N1C(=O)CN1CCSc2ccccc21. The second-order valence-corrected chi connectivity index (χ2v) is 7.76. The molecule has 2 amide bonds. The highest BCUT2D eigenvalue weighted by Gasteiger charge is 2.31. The second kappa shape index (κ2) is 7.03. The fourth-order valence-electron chi connectivity index (χ4n) is 3.60. The van der Waals surface area contributed by atoms with Gasteiger partial charge in [0, 0.05) is 29.7 Å². The first-order valence-electron chi connectivity index (χ1n) is 8.81. The van der Waals surface area contributed by atoms with Crippen molar-refractivity contribution in [3.05, 3.63) is 48.5 Å². The van der Waals surface area contributed by atoms with Gasteiger partial charge in [0.15, 0.2) is 0 Å². The van der Waals surface area contributed by atoms with Crippen LogP contribution in [0.25, 0.3) is 0 Å². The molecule has 26 heavy (non-hydrogen) atoms. The molecule has 1 N–H and O–H groups in total. The number of thioether (sulfide) groups is 1. The average Bonchev–Trinajstić information content (AvgIpc) is 2.76. The molecular weight excluding hydrogens is 346 g/mol. The molecule has 2 aromatic rings. The normalized spacial score (nSPS) is 19.3. The first kappa shape index (κ1) is 17.0. The van der Waals surface area contributed by atoms with E-state index in [0.29, 0.717) is 18.7 Å². The number of nitrogens with one attached hydrogen (secondary N) is 1. The molecule has 0 aliphatic carbocycles. The smallest absolute Gasteiger partial charge is 0.246 e. The van der Waals surface area contributed by atoms with Crippen molar-refractivity contribution in [3.8, 4) is 0 Å². The summed E-state index contributed by atoms with van der Waals surface area (Å²) in [7, 11) is 0. The van der Waals surface area contributed by atoms with E-state index in [1.54, 1.807) is 4.90 Å². The minimum atomic E-state index is -0.180. The molecule has 134 valence electrons. The van der Waals surface area contributed by atoms with Gasteiger partial charge in [-0.15, -0.1) is 11.8 Å². The van der Waals surface area contributed by atoms with Crippen molar-refractivity contribution in [1.82, 2.24) is 0 Å². The van der Waals surface area contributed by atoms with Gasteiger partial charge in [-0.3, -0.25) is 9.59 Å². The lowest BCUT2D eigenvalue weighted by molar-refractivity contribution is -0.118. The number of hydrogen-bond acceptors (Lipinski definition) is 4. The topological polar surface area (TPSA) is 52.7 Å². The van der Waals surface area contributed by atoms with E-state index in [4.69, 9.17) is 0 Å². The number of hydrogen-bond donors (Lipinski definition) is 1. The molecule has 2 aliphatic rings. The molecule has 4 rings (SSSR count). The Balaban J connectivity index is 1.63. The van der Waals surface area contributed by atoms with Gasteiger partial charge in [-0.1, -0.05) is 24.3 Å². The van der Waals surface area contributed by atoms with E-state index < -0.39 is 0 Å². The highest BCUT2D eigenvalue weighted by Crippen LogP contribution is 2.35. The maximum absolute atomic E-state index is 13.2. The minimum absolute atomic E-state index is 0.0168. The van der Waals surface area contributed by atoms with Gasteiger partial charge >= 0.3 is 0 Å². The first-order chi connectivity index (χ1) is 12.6. The monoisotopic (exact) mass is 367 g/mol. The summed E-state index contributed by atoms with van der Waals surface area (Å²) >= 11 is 1.83. The van der Waals surface area contributed by atoms with E-state index >= 15 is 0 Å². The number of benzene rings is 2. The van der Waals surface area contributed by atoms with Crippen LogP contribution in [-0.4, -0.2) is 36.7 Å². The fourth-order valence-corrected chi connectivity index (χ4v) is 4.65. The molecule has 0 bridgehead atoms. The van der Waals surface area contributed by atoms with Crippen molar-refractivity contribution in [2.45, 2.75) is 24.3 Å². The van der Waals surface area contributed by atoms with E-state index in [1.165, 1.54) is 4.90 Å². The number of amides is 2. The van der Waals surface area contributed by atoms with Gasteiger partial charge in [-0.25, -0.2) is 0 Å². The Hall–Kier alpha value is -2.47. The molecule has 2 aliphatic heterocycles. The minimum Gasteiger partial charge on any atom is -0.360 e. The molecule has 0 spiro atoms. The van der Waals surface area contributed by atoms with Crippen LogP contribution in [0.4, 0.5) is 17.1 Å². The molecule has 2 heterocycles. The zero-order valence-electron chi connectivity index (χ0n) is 14.6. The summed E-state index contributed by atoms with van der Waals surface area (Å²) in [6, 6.07) is 15.5. The quantitative estimate of drug-likeness (QED) is 0.884. The molecule has 0 saturated carbocycles. The molecule has 0 radical (unpaired) electrons. The van der Waals surface area contributed by atoms with Crippen LogP contribution >= 0.6 is 11.8 Å². The Labute approximate surface area is 157 Å². The number of fused-ring (bicyclic) bond motifs is 2. The lowest BCUT2D eigenvalue weighted by Gasteiger charge is -2.34. The van der Waals surface area contributed by atoms with Gasteiger partial charge in [0.1, 0.15) is 0 Å². The zero-order chi connectivity index (χ0) is 18.1. The Morgan fingerprint density at radius 2 is 1.88 bits per heavy atom. The van der Waals surface area contributed by atoms with Crippen molar-refractivity contribution in [1.29, 1.82) is 0 Å². The van der Waals surface area contributed by atoms with Crippen molar-refractivity contribution < 1.29 is 9.59 Å². The van der Waals surface area contributed by atoms with E-state index in [2.05, 4.69) is 22.3 Å². The Morgan fingerprint density at radius 3 is 2.73 bits per heavy atom. The molecule has 1 atom stereocenters. The predicted octanol–water partition coefficient (Wildman–Crippen LogP) is 3.36. The first-order valence-corrected chi connectivity index (χ1v) is 9.80. The molecule has 2 aromatic carbocycles. The molecule has 0 aromatic heterocycles. The molecule has 5 nitrogen and oxygen atoms in total. The van der Waals surface area contributed by atoms with Crippen molar-refractivity contribution >= 4 is 40.6 Å². The predicted molar refractivity (Wildman–Crippen MR) is 106 cm³/mol. The van der Waals surface area contributed by atoms with Crippen LogP contribution in [0, 0.1) is 0 Å². The van der Waals surface area contributed by atoms with E-state index in [9.17, 15) is 9.59 Å². The second-order valence-electron chi connectivity index (χ2n) is 6.62. The van der Waals surface area contributed by atoms with Gasteiger partial charge in [-0.05, 0) is 31.2 Å². The number of para-hydroxylation sites is 3. The van der Waals surface area contributed by atoms with Crippen LogP contribution in [0.15, 0.2) is 53.4 Å². The van der Waals surface area contributed by atoms with Crippen LogP contribution in [0.3, 0.4) is 0 Å². The van der Waals surface area contributed by atoms with Crippen LogP contribution in [0.1, 0.15) is 13.3 Å². The third kappa shape index (κ3) is 3.17. The number of carbonyl (C=O) groups is 2. The third-order valence-electron chi connectivity index (χ3n) is 4.78. The number of rotatable bonds is 2. The van der Waals surface area contributed by atoms with E-state index in [1.807, 2.05) is 55.1 Å². The van der Waals surface area contributed by atoms with Gasteiger partial charge < -0.3 is 15.1 Å². The van der Waals surface area contributed by atoms with Crippen LogP contribution in [0.5, 0.6) is 0 Å². The Bertz CT molecular complexity index is 854. The largest absolute Gasteiger partial charge is 0.360 e. The van der Waals surface area contributed by atoms with E-state index in [-0.39, 0.29) is 17.9 Å². The fraction of sp³-hybridized carbons (Fsp3) is 0.300. The van der Waals surface area contributed by atoms with Gasteiger partial charge in [0.2, 0.25) is 11.8 Å². The lowest BCUT2D eigenvalue weighted by atomic mass is 10.1. The zero-order valence-corrected chi connectivity index (χ0v) is 15.5. The van der Waals surface area contributed by atoms with Crippen molar-refractivity contribution in [3.63, 3.8) is 0 Å². The molecule has 0 fully saturated rings. The summed E-state index contributed by atoms with van der Waals surface area (Å²) in [5, 5.41) is 2.91. The third-order valence-corrected chi connectivity index (χ3v) is 5.82. The summed E-state index contributed by atoms with van der Waals surface area (Å²) in [6.45, 7) is 3.08. The highest BCUT2D eigenvalue weighted by atomic mass is 32.2. The summed E-state index contributed by atoms with van der Waals surface area (Å²) in [4.78, 5) is 30.5. The summed E-state index contributed by atoms with van der Waals surface area (Å²) in [5.41, 5.74) is 2.59. The highest BCUT2D eigenvalue weighted by molar-refractivity contribution is 7.99. The maximum atomic E-state index is 13.2. The Kier molecular flexibility index (Phi) is 4.59. The molecular formula is C20H21N3O2S. The summed E-state index contributed by atoms with van der Waals surface area (Å²) < 4.78 is 0. The van der Waals surface area contributed by atoms with Gasteiger partial charge in [-0.2, -0.15) is 0 Å². The van der Waals surface area contributed by atoms with Gasteiger partial charge in [0.25, 0.3) is 0 Å². The Morgan fingerprint density at radius 1 is 1.15 bits per heavy atom. The number of anilines is 3. The van der Waals surface area contributed by atoms with Gasteiger partial charge in [0.05, 0.1) is 23.6 Å². The van der Waals surface area contributed by atoms with Crippen molar-refractivity contribution in [2.75, 3.05) is 34.0 Å². The number of nitrogens with zero attached hydrogens (tertiary/aromatic N) is 2. The van der Waals surface area contributed by atoms with Crippen LogP contribution in [-0.2, 0) is 9.59 Å². The average molecular weight is 367 g/mol. The van der Waals surface area contributed by atoms with Crippen LogP contribution in [0.2, 0.25) is 0 Å². The van der Waals surface area contributed by atoms with E-state index in [0.717, 1.165) is 23.7 Å². The van der Waals surface area contributed by atoms with Crippen LogP contribution < -0.4 is 15.1 Å². The van der Waals surface area contributed by atoms with Crippen molar-refractivity contribution in [2.24, 2.45) is 0 Å². The maximum Gasteiger partial charge on any atom is 0.246 e. The standard InChI is InChI=1S/C20H21N3O2S/c1-14-12-19(24)21-15-6-2-3-7-16(15)23(14)20(25)13-22-10-11-26-18-9-5-4-8-17(18)22/h2-9,14H,10-13H2,1H3,(H,21,24). The summed E-state index contributed by atoms with van der Waals surface area (Å²) in [5.74, 6) is 0.930. The number of carbonyl (C=O) groups excluding carboxylic acids is 2.